The number of rotatable bonds is 6. The van der Waals surface area contributed by atoms with Gasteiger partial charge in [-0.15, -0.1) is 0 Å². The quantitative estimate of drug-likeness (QED) is 0.780. The SMILES string of the molecule is Cc1ccccc1C(=O)N1CCN(C(C(=O)NCc2cccnc2)C2CCCC2)CC1. The van der Waals surface area contributed by atoms with Crippen molar-refractivity contribution in [2.75, 3.05) is 26.2 Å². The molecule has 2 aromatic rings. The molecule has 1 aliphatic carbocycles. The Labute approximate surface area is 184 Å². The van der Waals surface area contributed by atoms with Crippen LogP contribution in [0.5, 0.6) is 0 Å². The highest BCUT2D eigenvalue weighted by Crippen LogP contribution is 2.31. The molecular formula is C25H32N4O2. The van der Waals surface area contributed by atoms with E-state index < -0.39 is 0 Å². The van der Waals surface area contributed by atoms with Gasteiger partial charge < -0.3 is 10.2 Å². The van der Waals surface area contributed by atoms with Crippen molar-refractivity contribution in [3.05, 3.63) is 65.5 Å². The molecule has 164 valence electrons. The molecule has 1 aromatic heterocycles. The van der Waals surface area contributed by atoms with Crippen molar-refractivity contribution in [2.24, 2.45) is 5.92 Å². The molecule has 1 unspecified atom stereocenters. The summed E-state index contributed by atoms with van der Waals surface area (Å²) in [5.74, 6) is 0.596. The number of nitrogens with zero attached hydrogens (tertiary/aromatic N) is 3. The van der Waals surface area contributed by atoms with Gasteiger partial charge in [0.1, 0.15) is 0 Å². The largest absolute Gasteiger partial charge is 0.351 e. The molecule has 2 fully saturated rings. The number of hydrogen-bond acceptors (Lipinski definition) is 4. The van der Waals surface area contributed by atoms with E-state index >= 15 is 0 Å². The first-order valence-corrected chi connectivity index (χ1v) is 11.4. The molecule has 0 spiro atoms. The van der Waals surface area contributed by atoms with E-state index in [0.29, 0.717) is 25.6 Å². The second-order valence-electron chi connectivity index (χ2n) is 8.71. The molecule has 2 amide bonds. The predicted molar refractivity (Wildman–Crippen MR) is 120 cm³/mol. The van der Waals surface area contributed by atoms with E-state index in [2.05, 4.69) is 15.2 Å². The van der Waals surface area contributed by atoms with Crippen LogP contribution in [-0.4, -0.2) is 58.8 Å². The third-order valence-corrected chi connectivity index (χ3v) is 6.67. The van der Waals surface area contributed by atoms with Crippen LogP contribution in [0.1, 0.15) is 47.2 Å². The number of carbonyl (C=O) groups excluding carboxylic acids is 2. The average molecular weight is 421 g/mol. The van der Waals surface area contributed by atoms with Gasteiger partial charge in [0.05, 0.1) is 6.04 Å². The van der Waals surface area contributed by atoms with Crippen molar-refractivity contribution >= 4 is 11.8 Å². The van der Waals surface area contributed by atoms with Gasteiger partial charge in [0.25, 0.3) is 5.91 Å². The number of benzene rings is 1. The fourth-order valence-corrected chi connectivity index (χ4v) is 4.93. The molecule has 1 atom stereocenters. The highest BCUT2D eigenvalue weighted by atomic mass is 16.2. The Morgan fingerprint density at radius 3 is 2.48 bits per heavy atom. The fraction of sp³-hybridized carbons (Fsp3) is 0.480. The van der Waals surface area contributed by atoms with Gasteiger partial charge in [-0.25, -0.2) is 0 Å². The van der Waals surface area contributed by atoms with Crippen molar-refractivity contribution in [2.45, 2.75) is 45.2 Å². The number of hydrogen-bond donors (Lipinski definition) is 1. The van der Waals surface area contributed by atoms with Gasteiger partial charge in [0.15, 0.2) is 0 Å². The molecule has 6 nitrogen and oxygen atoms in total. The molecule has 6 heteroatoms. The zero-order valence-electron chi connectivity index (χ0n) is 18.3. The van der Waals surface area contributed by atoms with E-state index in [9.17, 15) is 9.59 Å². The lowest BCUT2D eigenvalue weighted by Gasteiger charge is -2.41. The molecule has 1 aliphatic heterocycles. The lowest BCUT2D eigenvalue weighted by atomic mass is 9.94. The lowest BCUT2D eigenvalue weighted by molar-refractivity contribution is -0.129. The summed E-state index contributed by atoms with van der Waals surface area (Å²) < 4.78 is 0. The maximum absolute atomic E-state index is 13.2. The second kappa shape index (κ2) is 10.1. The number of aromatic nitrogens is 1. The number of pyridine rings is 1. The minimum Gasteiger partial charge on any atom is -0.351 e. The minimum atomic E-state index is -0.116. The van der Waals surface area contributed by atoms with Gasteiger partial charge in [-0.1, -0.05) is 37.1 Å². The van der Waals surface area contributed by atoms with E-state index in [0.717, 1.165) is 42.6 Å². The fourth-order valence-electron chi connectivity index (χ4n) is 4.93. The van der Waals surface area contributed by atoms with Crippen LogP contribution in [-0.2, 0) is 11.3 Å². The summed E-state index contributed by atoms with van der Waals surface area (Å²) in [6.45, 7) is 5.27. The van der Waals surface area contributed by atoms with Crippen molar-refractivity contribution in [1.82, 2.24) is 20.1 Å². The summed E-state index contributed by atoms with van der Waals surface area (Å²) in [4.78, 5) is 34.6. The first-order valence-electron chi connectivity index (χ1n) is 11.4. The molecule has 1 N–H and O–H groups in total. The van der Waals surface area contributed by atoms with Gasteiger partial charge >= 0.3 is 0 Å². The summed E-state index contributed by atoms with van der Waals surface area (Å²) in [7, 11) is 0. The smallest absolute Gasteiger partial charge is 0.254 e. The number of aryl methyl sites for hydroxylation is 1. The van der Waals surface area contributed by atoms with Crippen LogP contribution in [0.4, 0.5) is 0 Å². The normalized spacial score (nSPS) is 18.7. The zero-order chi connectivity index (χ0) is 21.6. The summed E-state index contributed by atoms with van der Waals surface area (Å²) in [6, 6.07) is 11.5. The highest BCUT2D eigenvalue weighted by Gasteiger charge is 2.37. The summed E-state index contributed by atoms with van der Waals surface area (Å²) in [5.41, 5.74) is 2.79. The van der Waals surface area contributed by atoms with E-state index in [1.165, 1.54) is 12.8 Å². The second-order valence-corrected chi connectivity index (χ2v) is 8.71. The number of nitrogens with one attached hydrogen (secondary N) is 1. The molecule has 2 heterocycles. The van der Waals surface area contributed by atoms with Crippen LogP contribution in [0.15, 0.2) is 48.8 Å². The monoisotopic (exact) mass is 420 g/mol. The van der Waals surface area contributed by atoms with Crippen LogP contribution in [0, 0.1) is 12.8 Å². The van der Waals surface area contributed by atoms with Crippen molar-refractivity contribution in [3.63, 3.8) is 0 Å². The Morgan fingerprint density at radius 1 is 1.06 bits per heavy atom. The Bertz CT molecular complexity index is 887. The van der Waals surface area contributed by atoms with Gasteiger partial charge in [-0.3, -0.25) is 19.5 Å². The average Bonchev–Trinajstić information content (AvgIpc) is 3.33. The van der Waals surface area contributed by atoms with Gasteiger partial charge in [-0.2, -0.15) is 0 Å². The molecule has 1 aromatic carbocycles. The zero-order valence-corrected chi connectivity index (χ0v) is 18.3. The Hall–Kier alpha value is -2.73. The standard InChI is InChI=1S/C25H32N4O2/c1-19-7-2-5-11-22(19)25(31)29-15-13-28(14-16-29)23(21-9-3-4-10-21)24(30)27-18-20-8-6-12-26-17-20/h2,5-8,11-12,17,21,23H,3-4,9-10,13-16,18H2,1H3,(H,27,30). The molecule has 31 heavy (non-hydrogen) atoms. The Morgan fingerprint density at radius 2 is 1.81 bits per heavy atom. The molecule has 1 saturated carbocycles. The summed E-state index contributed by atoms with van der Waals surface area (Å²) >= 11 is 0. The summed E-state index contributed by atoms with van der Waals surface area (Å²) in [5, 5.41) is 3.14. The van der Waals surface area contributed by atoms with Gasteiger partial charge in [-0.05, 0) is 48.9 Å². The Balaban J connectivity index is 1.39. The highest BCUT2D eigenvalue weighted by molar-refractivity contribution is 5.95. The van der Waals surface area contributed by atoms with E-state index in [1.54, 1.807) is 12.4 Å². The van der Waals surface area contributed by atoms with E-state index in [-0.39, 0.29) is 17.9 Å². The van der Waals surface area contributed by atoms with Crippen LogP contribution in [0.25, 0.3) is 0 Å². The summed E-state index contributed by atoms with van der Waals surface area (Å²) in [6.07, 6.45) is 8.14. The Kier molecular flexibility index (Phi) is 6.97. The van der Waals surface area contributed by atoms with Crippen LogP contribution < -0.4 is 5.32 Å². The first-order chi connectivity index (χ1) is 15.1. The van der Waals surface area contributed by atoms with Gasteiger partial charge in [0.2, 0.25) is 5.91 Å². The minimum absolute atomic E-state index is 0.0937. The number of piperazine rings is 1. The molecule has 0 bridgehead atoms. The maximum Gasteiger partial charge on any atom is 0.254 e. The number of amides is 2. The van der Waals surface area contributed by atoms with Crippen molar-refractivity contribution in [3.8, 4) is 0 Å². The van der Waals surface area contributed by atoms with Gasteiger partial charge in [0, 0.05) is 50.7 Å². The molecular weight excluding hydrogens is 388 g/mol. The van der Waals surface area contributed by atoms with Crippen LogP contribution in [0.2, 0.25) is 0 Å². The molecule has 2 aliphatic rings. The molecule has 1 saturated heterocycles. The van der Waals surface area contributed by atoms with E-state index in [1.807, 2.05) is 48.2 Å². The van der Waals surface area contributed by atoms with Crippen molar-refractivity contribution in [1.29, 1.82) is 0 Å². The molecule has 4 rings (SSSR count). The third kappa shape index (κ3) is 5.13. The van der Waals surface area contributed by atoms with Crippen LogP contribution in [0.3, 0.4) is 0 Å². The lowest BCUT2D eigenvalue weighted by Crippen LogP contribution is -2.57. The van der Waals surface area contributed by atoms with Crippen molar-refractivity contribution < 1.29 is 9.59 Å². The van der Waals surface area contributed by atoms with E-state index in [4.69, 9.17) is 0 Å². The molecule has 0 radical (unpaired) electrons. The maximum atomic E-state index is 13.2. The topological polar surface area (TPSA) is 65.5 Å². The number of carbonyl (C=O) groups is 2. The van der Waals surface area contributed by atoms with Crippen LogP contribution >= 0.6 is 0 Å². The first kappa shape index (κ1) is 21.5. The predicted octanol–water partition coefficient (Wildman–Crippen LogP) is 3.02. The third-order valence-electron chi connectivity index (χ3n) is 6.67.